The Balaban J connectivity index is 2.27. The number of nitrogens with zero attached hydrogens (tertiary/aromatic N) is 1. The van der Waals surface area contributed by atoms with Crippen LogP contribution < -0.4 is 5.32 Å². The zero-order valence-electron chi connectivity index (χ0n) is 11.5. The highest BCUT2D eigenvalue weighted by Crippen LogP contribution is 2.21. The van der Waals surface area contributed by atoms with Crippen LogP contribution >= 0.6 is 0 Å². The zero-order valence-corrected chi connectivity index (χ0v) is 11.5. The maximum Gasteiger partial charge on any atom is 0.328 e. The highest BCUT2D eigenvalue weighted by molar-refractivity contribution is 5.86. The maximum absolute atomic E-state index is 11.7. The standard InChI is InChI=1S/C13H24N2O3/c1-13(2,12(17)18)14-11(16)5-4-10-6-8-15(3)9-7-10/h10H,4-9H2,1-3H3,(H,14,16)(H,17,18). The van der Waals surface area contributed by atoms with Crippen LogP contribution in [-0.2, 0) is 9.59 Å². The third-order valence-corrected chi connectivity index (χ3v) is 3.60. The number of piperidine rings is 1. The minimum Gasteiger partial charge on any atom is -0.480 e. The van der Waals surface area contributed by atoms with Crippen molar-refractivity contribution in [2.24, 2.45) is 5.92 Å². The summed E-state index contributed by atoms with van der Waals surface area (Å²) in [5.74, 6) is -0.573. The number of hydrogen-bond acceptors (Lipinski definition) is 3. The van der Waals surface area contributed by atoms with E-state index in [-0.39, 0.29) is 5.91 Å². The predicted molar refractivity (Wildman–Crippen MR) is 69.3 cm³/mol. The first kappa shape index (κ1) is 15.0. The molecule has 2 N–H and O–H groups in total. The minimum atomic E-state index is -1.18. The van der Waals surface area contributed by atoms with Crippen molar-refractivity contribution in [2.75, 3.05) is 20.1 Å². The van der Waals surface area contributed by atoms with Gasteiger partial charge in [0.2, 0.25) is 5.91 Å². The molecular formula is C13H24N2O3. The molecule has 0 atom stereocenters. The van der Waals surface area contributed by atoms with Crippen LogP contribution in [0.2, 0.25) is 0 Å². The summed E-state index contributed by atoms with van der Waals surface area (Å²) in [6.07, 6.45) is 3.54. The smallest absolute Gasteiger partial charge is 0.328 e. The largest absolute Gasteiger partial charge is 0.480 e. The van der Waals surface area contributed by atoms with Crippen LogP contribution in [0.3, 0.4) is 0 Å². The van der Waals surface area contributed by atoms with Gasteiger partial charge < -0.3 is 15.3 Å². The Morgan fingerprint density at radius 1 is 1.33 bits per heavy atom. The van der Waals surface area contributed by atoms with Gasteiger partial charge in [-0.1, -0.05) is 0 Å². The second kappa shape index (κ2) is 6.18. The molecule has 18 heavy (non-hydrogen) atoms. The predicted octanol–water partition coefficient (Wildman–Crippen LogP) is 1.09. The van der Waals surface area contributed by atoms with Gasteiger partial charge in [-0.05, 0) is 59.2 Å². The fourth-order valence-electron chi connectivity index (χ4n) is 2.15. The molecule has 0 aromatic heterocycles. The van der Waals surface area contributed by atoms with E-state index >= 15 is 0 Å². The third kappa shape index (κ3) is 4.64. The van der Waals surface area contributed by atoms with Gasteiger partial charge in [0.25, 0.3) is 0 Å². The van der Waals surface area contributed by atoms with Gasteiger partial charge in [0, 0.05) is 6.42 Å². The van der Waals surface area contributed by atoms with Gasteiger partial charge in [0.05, 0.1) is 0 Å². The summed E-state index contributed by atoms with van der Waals surface area (Å²) in [7, 11) is 2.11. The molecule has 104 valence electrons. The number of rotatable bonds is 5. The summed E-state index contributed by atoms with van der Waals surface area (Å²) in [5.41, 5.74) is -1.18. The second-order valence-corrected chi connectivity index (χ2v) is 5.76. The molecule has 0 radical (unpaired) electrons. The van der Waals surface area contributed by atoms with Crippen LogP contribution in [0.5, 0.6) is 0 Å². The van der Waals surface area contributed by atoms with Crippen molar-refractivity contribution in [1.82, 2.24) is 10.2 Å². The molecule has 1 rings (SSSR count). The van der Waals surface area contributed by atoms with E-state index in [4.69, 9.17) is 5.11 Å². The van der Waals surface area contributed by atoms with Crippen molar-refractivity contribution in [2.45, 2.75) is 45.1 Å². The Kier molecular flexibility index (Phi) is 5.14. The monoisotopic (exact) mass is 256 g/mol. The van der Waals surface area contributed by atoms with Crippen molar-refractivity contribution < 1.29 is 14.7 Å². The number of nitrogens with one attached hydrogen (secondary N) is 1. The molecule has 0 bridgehead atoms. The van der Waals surface area contributed by atoms with E-state index in [0.717, 1.165) is 32.4 Å². The van der Waals surface area contributed by atoms with Gasteiger partial charge in [-0.25, -0.2) is 4.79 Å². The topological polar surface area (TPSA) is 69.6 Å². The van der Waals surface area contributed by atoms with Crippen LogP contribution in [0.1, 0.15) is 39.5 Å². The molecule has 0 saturated carbocycles. The van der Waals surface area contributed by atoms with Crippen molar-refractivity contribution >= 4 is 11.9 Å². The Hall–Kier alpha value is -1.10. The first-order valence-electron chi connectivity index (χ1n) is 6.54. The van der Waals surface area contributed by atoms with Crippen molar-refractivity contribution in [3.05, 3.63) is 0 Å². The van der Waals surface area contributed by atoms with E-state index in [9.17, 15) is 9.59 Å². The van der Waals surface area contributed by atoms with Gasteiger partial charge in [0.1, 0.15) is 5.54 Å². The first-order valence-corrected chi connectivity index (χ1v) is 6.54. The van der Waals surface area contributed by atoms with E-state index in [1.54, 1.807) is 0 Å². The molecule has 0 spiro atoms. The number of likely N-dealkylation sites (tertiary alicyclic amines) is 1. The van der Waals surface area contributed by atoms with Crippen molar-refractivity contribution in [3.8, 4) is 0 Å². The van der Waals surface area contributed by atoms with E-state index in [2.05, 4.69) is 17.3 Å². The zero-order chi connectivity index (χ0) is 13.8. The number of carboxylic acid groups (broad SMARTS) is 1. The van der Waals surface area contributed by atoms with Crippen LogP contribution in [0.4, 0.5) is 0 Å². The third-order valence-electron chi connectivity index (χ3n) is 3.60. The SMILES string of the molecule is CN1CCC(CCC(=O)NC(C)(C)C(=O)O)CC1. The summed E-state index contributed by atoms with van der Waals surface area (Å²) in [6.45, 7) is 5.19. The number of amides is 1. The Labute approximate surface area is 109 Å². The summed E-state index contributed by atoms with van der Waals surface area (Å²) >= 11 is 0. The lowest BCUT2D eigenvalue weighted by Gasteiger charge is -2.29. The van der Waals surface area contributed by atoms with Crippen LogP contribution in [-0.4, -0.2) is 47.6 Å². The molecule has 0 aliphatic carbocycles. The lowest BCUT2D eigenvalue weighted by molar-refractivity contribution is -0.146. The van der Waals surface area contributed by atoms with Crippen LogP contribution in [0.25, 0.3) is 0 Å². The average molecular weight is 256 g/mol. The Bertz CT molecular complexity index is 307. The molecule has 1 aliphatic heterocycles. The number of aliphatic carboxylic acids is 1. The van der Waals surface area contributed by atoms with Crippen molar-refractivity contribution in [3.63, 3.8) is 0 Å². The molecule has 0 aromatic rings. The quantitative estimate of drug-likeness (QED) is 0.772. The normalized spacial score (nSPS) is 18.6. The molecule has 5 heteroatoms. The lowest BCUT2D eigenvalue weighted by Crippen LogP contribution is -2.49. The summed E-state index contributed by atoms with van der Waals surface area (Å²) in [6, 6.07) is 0. The first-order chi connectivity index (χ1) is 8.31. The van der Waals surface area contributed by atoms with E-state index < -0.39 is 11.5 Å². The maximum atomic E-state index is 11.7. The minimum absolute atomic E-state index is 0.165. The molecule has 1 fully saturated rings. The molecule has 1 amide bonds. The summed E-state index contributed by atoms with van der Waals surface area (Å²) in [4.78, 5) is 24.9. The molecule has 1 saturated heterocycles. The van der Waals surface area contributed by atoms with Crippen LogP contribution in [0.15, 0.2) is 0 Å². The van der Waals surface area contributed by atoms with Crippen LogP contribution in [0, 0.1) is 5.92 Å². The highest BCUT2D eigenvalue weighted by Gasteiger charge is 2.29. The number of hydrogen-bond donors (Lipinski definition) is 2. The second-order valence-electron chi connectivity index (χ2n) is 5.76. The average Bonchev–Trinajstić information content (AvgIpc) is 2.27. The van der Waals surface area contributed by atoms with Gasteiger partial charge in [-0.15, -0.1) is 0 Å². The molecule has 1 aliphatic rings. The molecular weight excluding hydrogens is 232 g/mol. The van der Waals surface area contributed by atoms with Gasteiger partial charge >= 0.3 is 5.97 Å². The Morgan fingerprint density at radius 3 is 2.39 bits per heavy atom. The highest BCUT2D eigenvalue weighted by atomic mass is 16.4. The van der Waals surface area contributed by atoms with E-state index in [1.165, 1.54) is 13.8 Å². The molecule has 0 aromatic carbocycles. The Morgan fingerprint density at radius 2 is 1.89 bits per heavy atom. The number of carbonyl (C=O) groups excluding carboxylic acids is 1. The fourth-order valence-corrected chi connectivity index (χ4v) is 2.15. The van der Waals surface area contributed by atoms with Gasteiger partial charge in [-0.3, -0.25) is 4.79 Å². The molecule has 5 nitrogen and oxygen atoms in total. The van der Waals surface area contributed by atoms with E-state index in [1.807, 2.05) is 0 Å². The van der Waals surface area contributed by atoms with Gasteiger partial charge in [0.15, 0.2) is 0 Å². The lowest BCUT2D eigenvalue weighted by atomic mass is 9.92. The molecule has 0 unspecified atom stereocenters. The number of carbonyl (C=O) groups is 2. The summed E-state index contributed by atoms with van der Waals surface area (Å²) < 4.78 is 0. The van der Waals surface area contributed by atoms with Crippen molar-refractivity contribution in [1.29, 1.82) is 0 Å². The van der Waals surface area contributed by atoms with E-state index in [0.29, 0.717) is 12.3 Å². The van der Waals surface area contributed by atoms with Gasteiger partial charge in [-0.2, -0.15) is 0 Å². The number of carboxylic acids is 1. The fraction of sp³-hybridized carbons (Fsp3) is 0.846. The summed E-state index contributed by atoms with van der Waals surface area (Å²) in [5, 5.41) is 11.5. The molecule has 1 heterocycles.